The minimum Gasteiger partial charge on any atom is -0.481 e. The highest BCUT2D eigenvalue weighted by atomic mass is 16.5. The van der Waals surface area contributed by atoms with Gasteiger partial charge in [-0.25, -0.2) is 0 Å². The predicted molar refractivity (Wildman–Crippen MR) is 79.6 cm³/mol. The van der Waals surface area contributed by atoms with E-state index in [4.69, 9.17) is 9.84 Å². The van der Waals surface area contributed by atoms with E-state index in [1.807, 2.05) is 24.3 Å². The van der Waals surface area contributed by atoms with E-state index < -0.39 is 12.1 Å². The monoisotopic (exact) mass is 300 g/mol. The van der Waals surface area contributed by atoms with Crippen LogP contribution in [0.25, 0.3) is 10.8 Å². The molecule has 0 bridgehead atoms. The molecule has 1 atom stereocenters. The summed E-state index contributed by atoms with van der Waals surface area (Å²) in [6.45, 7) is 1.09. The Morgan fingerprint density at radius 2 is 2.14 bits per heavy atom. The molecule has 6 heteroatoms. The second-order valence-corrected chi connectivity index (χ2v) is 5.25. The van der Waals surface area contributed by atoms with Crippen LogP contribution in [-0.4, -0.2) is 52.7 Å². The van der Waals surface area contributed by atoms with E-state index in [1.54, 1.807) is 17.3 Å². The second-order valence-electron chi connectivity index (χ2n) is 5.25. The third-order valence-corrected chi connectivity index (χ3v) is 3.73. The van der Waals surface area contributed by atoms with Gasteiger partial charge in [-0.1, -0.05) is 24.3 Å². The lowest BCUT2D eigenvalue weighted by molar-refractivity contribution is -0.141. The van der Waals surface area contributed by atoms with Gasteiger partial charge in [0.05, 0.1) is 24.7 Å². The number of aliphatic carboxylic acids is 1. The fraction of sp³-hybridized carbons (Fsp3) is 0.312. The molecule has 22 heavy (non-hydrogen) atoms. The Morgan fingerprint density at radius 3 is 2.95 bits per heavy atom. The van der Waals surface area contributed by atoms with Crippen LogP contribution in [0.4, 0.5) is 0 Å². The lowest BCUT2D eigenvalue weighted by Gasteiger charge is -2.32. The smallest absolute Gasteiger partial charge is 0.306 e. The minimum atomic E-state index is -0.925. The molecule has 6 nitrogen and oxygen atoms in total. The normalized spacial score (nSPS) is 18.4. The molecule has 2 aromatic rings. The van der Waals surface area contributed by atoms with Crippen LogP contribution in [0.1, 0.15) is 16.8 Å². The molecule has 1 unspecified atom stereocenters. The summed E-state index contributed by atoms with van der Waals surface area (Å²) < 4.78 is 5.40. The highest BCUT2D eigenvalue weighted by Gasteiger charge is 2.27. The van der Waals surface area contributed by atoms with Crippen LogP contribution in [0.15, 0.2) is 36.7 Å². The van der Waals surface area contributed by atoms with E-state index in [0.29, 0.717) is 18.7 Å². The summed E-state index contributed by atoms with van der Waals surface area (Å²) in [4.78, 5) is 29.3. The van der Waals surface area contributed by atoms with Crippen LogP contribution in [0.3, 0.4) is 0 Å². The number of rotatable bonds is 3. The average molecular weight is 300 g/mol. The summed E-state index contributed by atoms with van der Waals surface area (Å²) in [6, 6.07) is 7.58. The van der Waals surface area contributed by atoms with Crippen LogP contribution in [-0.2, 0) is 9.53 Å². The van der Waals surface area contributed by atoms with E-state index in [9.17, 15) is 9.59 Å². The number of nitrogens with zero attached hydrogens (tertiary/aromatic N) is 2. The number of carboxylic acids is 1. The first kappa shape index (κ1) is 14.5. The van der Waals surface area contributed by atoms with Crippen molar-refractivity contribution in [2.24, 2.45) is 0 Å². The molecule has 1 N–H and O–H groups in total. The molecule has 1 fully saturated rings. The number of morpholine rings is 1. The van der Waals surface area contributed by atoms with Crippen LogP contribution >= 0.6 is 0 Å². The summed E-state index contributed by atoms with van der Waals surface area (Å²) in [5.74, 6) is -1.06. The lowest BCUT2D eigenvalue weighted by Crippen LogP contribution is -2.46. The van der Waals surface area contributed by atoms with Crippen molar-refractivity contribution in [3.63, 3.8) is 0 Å². The van der Waals surface area contributed by atoms with Crippen LogP contribution in [0, 0.1) is 0 Å². The highest BCUT2D eigenvalue weighted by molar-refractivity contribution is 6.06. The van der Waals surface area contributed by atoms with Crippen LogP contribution in [0.2, 0.25) is 0 Å². The number of amides is 1. The molecule has 1 aromatic heterocycles. The number of pyridine rings is 1. The first-order valence-electron chi connectivity index (χ1n) is 7.10. The zero-order chi connectivity index (χ0) is 15.5. The molecule has 3 rings (SSSR count). The zero-order valence-electron chi connectivity index (χ0n) is 11.9. The first-order valence-corrected chi connectivity index (χ1v) is 7.10. The largest absolute Gasteiger partial charge is 0.481 e. The minimum absolute atomic E-state index is 0.0996. The van der Waals surface area contributed by atoms with Gasteiger partial charge in [0.25, 0.3) is 5.91 Å². The molecule has 1 aliphatic rings. The average Bonchev–Trinajstić information content (AvgIpc) is 2.53. The maximum absolute atomic E-state index is 12.7. The van der Waals surface area contributed by atoms with Gasteiger partial charge >= 0.3 is 5.97 Å². The van der Waals surface area contributed by atoms with E-state index in [2.05, 4.69) is 4.98 Å². The van der Waals surface area contributed by atoms with Crippen molar-refractivity contribution in [1.82, 2.24) is 9.88 Å². The van der Waals surface area contributed by atoms with Gasteiger partial charge in [0.2, 0.25) is 0 Å². The lowest BCUT2D eigenvalue weighted by atomic mass is 10.1. The number of ether oxygens (including phenoxy) is 1. The van der Waals surface area contributed by atoms with E-state index in [0.717, 1.165) is 10.8 Å². The molecule has 0 spiro atoms. The van der Waals surface area contributed by atoms with Gasteiger partial charge in [-0.3, -0.25) is 14.6 Å². The zero-order valence-corrected chi connectivity index (χ0v) is 11.9. The molecule has 1 saturated heterocycles. The van der Waals surface area contributed by atoms with Gasteiger partial charge in [-0.05, 0) is 5.39 Å². The molecular weight excluding hydrogens is 284 g/mol. The number of fused-ring (bicyclic) bond motifs is 1. The fourth-order valence-corrected chi connectivity index (χ4v) is 2.68. The first-order chi connectivity index (χ1) is 10.6. The molecule has 0 saturated carbocycles. The Morgan fingerprint density at radius 1 is 1.32 bits per heavy atom. The van der Waals surface area contributed by atoms with Gasteiger partial charge in [-0.2, -0.15) is 0 Å². The third kappa shape index (κ3) is 2.92. The number of carboxylic acid groups (broad SMARTS) is 1. The van der Waals surface area contributed by atoms with Gasteiger partial charge < -0.3 is 14.7 Å². The van der Waals surface area contributed by atoms with Crippen molar-refractivity contribution in [2.75, 3.05) is 19.7 Å². The Hall–Kier alpha value is -2.47. The summed E-state index contributed by atoms with van der Waals surface area (Å²) in [5, 5.41) is 10.6. The maximum Gasteiger partial charge on any atom is 0.306 e. The molecule has 1 amide bonds. The molecular formula is C16H16N2O4. The summed E-state index contributed by atoms with van der Waals surface area (Å²) >= 11 is 0. The van der Waals surface area contributed by atoms with Gasteiger partial charge in [0, 0.05) is 30.9 Å². The number of benzene rings is 1. The summed E-state index contributed by atoms with van der Waals surface area (Å²) in [6.07, 6.45) is 2.72. The Kier molecular flexibility index (Phi) is 4.02. The van der Waals surface area contributed by atoms with Crippen molar-refractivity contribution in [3.05, 3.63) is 42.2 Å². The maximum atomic E-state index is 12.7. The number of hydrogen-bond acceptors (Lipinski definition) is 4. The molecule has 0 aliphatic carbocycles. The number of carbonyl (C=O) groups excluding carboxylic acids is 1. The SMILES string of the molecule is O=C(O)CC1CN(C(=O)c2cncc3ccccc23)CCO1. The van der Waals surface area contributed by atoms with Crippen LogP contribution in [0.5, 0.6) is 0 Å². The van der Waals surface area contributed by atoms with Gasteiger partial charge in [0.1, 0.15) is 0 Å². The second kappa shape index (κ2) is 6.11. The van der Waals surface area contributed by atoms with Crippen molar-refractivity contribution < 1.29 is 19.4 Å². The molecule has 0 radical (unpaired) electrons. The third-order valence-electron chi connectivity index (χ3n) is 3.73. The Bertz CT molecular complexity index is 711. The quantitative estimate of drug-likeness (QED) is 0.930. The summed E-state index contributed by atoms with van der Waals surface area (Å²) in [5.41, 5.74) is 0.536. The van der Waals surface area contributed by atoms with Crippen molar-refractivity contribution >= 4 is 22.6 Å². The topological polar surface area (TPSA) is 79.7 Å². The van der Waals surface area contributed by atoms with Gasteiger partial charge in [-0.15, -0.1) is 0 Å². The standard InChI is InChI=1S/C16H16N2O4/c19-15(20)7-12-10-18(5-6-22-12)16(21)14-9-17-8-11-3-1-2-4-13(11)14/h1-4,8-9,12H,5-7,10H2,(H,19,20). The van der Waals surface area contributed by atoms with Gasteiger partial charge in [0.15, 0.2) is 0 Å². The van der Waals surface area contributed by atoms with E-state index >= 15 is 0 Å². The fourth-order valence-electron chi connectivity index (χ4n) is 2.68. The Labute approximate surface area is 127 Å². The molecule has 114 valence electrons. The van der Waals surface area contributed by atoms with Crippen LogP contribution < -0.4 is 0 Å². The Balaban J connectivity index is 1.84. The molecule has 2 heterocycles. The molecule has 1 aromatic carbocycles. The van der Waals surface area contributed by atoms with E-state index in [-0.39, 0.29) is 18.9 Å². The predicted octanol–water partition coefficient (Wildman–Crippen LogP) is 1.55. The number of carbonyl (C=O) groups is 2. The number of hydrogen-bond donors (Lipinski definition) is 1. The van der Waals surface area contributed by atoms with Crippen molar-refractivity contribution in [2.45, 2.75) is 12.5 Å². The number of aromatic nitrogens is 1. The highest BCUT2D eigenvalue weighted by Crippen LogP contribution is 2.20. The molecule has 1 aliphatic heterocycles. The van der Waals surface area contributed by atoms with E-state index in [1.165, 1.54) is 0 Å². The van der Waals surface area contributed by atoms with Crippen molar-refractivity contribution in [3.8, 4) is 0 Å². The van der Waals surface area contributed by atoms with Crippen molar-refractivity contribution in [1.29, 1.82) is 0 Å². The summed E-state index contributed by atoms with van der Waals surface area (Å²) in [7, 11) is 0.